The highest BCUT2D eigenvalue weighted by molar-refractivity contribution is 6.30. The van der Waals surface area contributed by atoms with E-state index in [0.29, 0.717) is 5.56 Å². The number of nitro groups is 1. The number of benzene rings is 2. The van der Waals surface area contributed by atoms with Crippen LogP contribution in [0.3, 0.4) is 0 Å². The zero-order valence-corrected chi connectivity index (χ0v) is 14.6. The van der Waals surface area contributed by atoms with Gasteiger partial charge in [0.2, 0.25) is 0 Å². The minimum atomic E-state index is -0.343. The van der Waals surface area contributed by atoms with Gasteiger partial charge >= 0.3 is 0 Å². The van der Waals surface area contributed by atoms with Crippen molar-refractivity contribution >= 4 is 29.1 Å². The van der Waals surface area contributed by atoms with E-state index in [-0.39, 0.29) is 10.6 Å². The number of hydrogen-bond donors (Lipinski definition) is 0. The highest BCUT2D eigenvalue weighted by Gasteiger charge is 2.16. The molecule has 0 unspecified atom stereocenters. The third kappa shape index (κ3) is 4.59. The molecule has 6 heteroatoms. The van der Waals surface area contributed by atoms with Crippen molar-refractivity contribution in [2.24, 2.45) is 0 Å². The molecule has 2 aromatic carbocycles. The summed E-state index contributed by atoms with van der Waals surface area (Å²) < 4.78 is 0. The van der Waals surface area contributed by atoms with E-state index in [1.807, 2.05) is 42.5 Å². The Morgan fingerprint density at radius 1 is 1.04 bits per heavy atom. The summed E-state index contributed by atoms with van der Waals surface area (Å²) in [6.45, 7) is 4.64. The Bertz CT molecular complexity index is 754. The van der Waals surface area contributed by atoms with Gasteiger partial charge in [-0.2, -0.15) is 0 Å². The van der Waals surface area contributed by atoms with Crippen LogP contribution >= 0.6 is 11.6 Å². The number of nitrogens with zero attached hydrogens (tertiary/aromatic N) is 3. The molecule has 1 heterocycles. The van der Waals surface area contributed by atoms with Crippen LogP contribution in [0.5, 0.6) is 0 Å². The molecule has 3 rings (SSSR count). The molecule has 5 nitrogen and oxygen atoms in total. The minimum absolute atomic E-state index is 0.145. The quantitative estimate of drug-likeness (QED) is 0.597. The second-order valence-electron chi connectivity index (χ2n) is 5.98. The molecule has 1 aliphatic heterocycles. The van der Waals surface area contributed by atoms with Crippen LogP contribution in [0, 0.1) is 10.1 Å². The normalized spacial score (nSPS) is 15.6. The van der Waals surface area contributed by atoms with Gasteiger partial charge in [-0.3, -0.25) is 15.0 Å². The highest BCUT2D eigenvalue weighted by atomic mass is 35.5. The first-order chi connectivity index (χ1) is 12.1. The molecule has 1 aliphatic rings. The molecule has 0 aromatic heterocycles. The lowest BCUT2D eigenvalue weighted by Crippen LogP contribution is -2.46. The largest absolute Gasteiger partial charge is 0.369 e. The van der Waals surface area contributed by atoms with E-state index in [9.17, 15) is 10.1 Å². The van der Waals surface area contributed by atoms with E-state index in [2.05, 4.69) is 9.80 Å². The summed E-state index contributed by atoms with van der Waals surface area (Å²) in [5.74, 6) is 0. The Morgan fingerprint density at radius 3 is 2.40 bits per heavy atom. The fraction of sp³-hybridized carbons (Fsp3) is 0.263. The molecule has 2 aromatic rings. The molecule has 1 fully saturated rings. The first-order valence-electron chi connectivity index (χ1n) is 8.26. The van der Waals surface area contributed by atoms with Crippen molar-refractivity contribution in [1.82, 2.24) is 4.90 Å². The van der Waals surface area contributed by atoms with Gasteiger partial charge in [-0.15, -0.1) is 0 Å². The van der Waals surface area contributed by atoms with E-state index in [1.165, 1.54) is 11.8 Å². The predicted molar refractivity (Wildman–Crippen MR) is 102 cm³/mol. The van der Waals surface area contributed by atoms with Crippen molar-refractivity contribution in [3.05, 3.63) is 75.3 Å². The van der Waals surface area contributed by atoms with Crippen LogP contribution in [0.25, 0.3) is 6.08 Å². The van der Waals surface area contributed by atoms with Crippen LogP contribution in [0.2, 0.25) is 5.02 Å². The molecular weight excluding hydrogens is 338 g/mol. The van der Waals surface area contributed by atoms with Crippen molar-refractivity contribution in [3.63, 3.8) is 0 Å². The molecule has 0 atom stereocenters. The lowest BCUT2D eigenvalue weighted by Gasteiger charge is -2.35. The Hall–Kier alpha value is -2.37. The minimum Gasteiger partial charge on any atom is -0.369 e. The van der Waals surface area contributed by atoms with Gasteiger partial charge in [-0.05, 0) is 30.3 Å². The zero-order chi connectivity index (χ0) is 17.6. The van der Waals surface area contributed by atoms with Gasteiger partial charge in [0.15, 0.2) is 0 Å². The first-order valence-corrected chi connectivity index (χ1v) is 8.64. The van der Waals surface area contributed by atoms with E-state index >= 15 is 0 Å². The maximum absolute atomic E-state index is 11.0. The van der Waals surface area contributed by atoms with Gasteiger partial charge in [0, 0.05) is 49.5 Å². The third-order valence-corrected chi connectivity index (χ3v) is 4.61. The summed E-state index contributed by atoms with van der Waals surface area (Å²) in [6.07, 6.45) is 3.84. The molecule has 0 bridgehead atoms. The monoisotopic (exact) mass is 357 g/mol. The number of anilines is 1. The average molecular weight is 358 g/mol. The molecule has 130 valence electrons. The third-order valence-electron chi connectivity index (χ3n) is 4.36. The fourth-order valence-corrected chi connectivity index (χ4v) is 3.09. The Labute approximate surface area is 152 Å². The SMILES string of the molecule is O=[N+]([O-])c1ccccc1/C=C/CN1CCN(c2ccc(Cl)cc2)CC1. The van der Waals surface area contributed by atoms with Crippen LogP contribution in [-0.4, -0.2) is 42.5 Å². The van der Waals surface area contributed by atoms with Gasteiger partial charge in [0.1, 0.15) is 0 Å². The lowest BCUT2D eigenvalue weighted by atomic mass is 10.1. The van der Waals surface area contributed by atoms with Gasteiger partial charge < -0.3 is 4.90 Å². The maximum Gasteiger partial charge on any atom is 0.276 e. The highest BCUT2D eigenvalue weighted by Crippen LogP contribution is 2.20. The van der Waals surface area contributed by atoms with Crippen molar-refractivity contribution in [2.75, 3.05) is 37.6 Å². The molecule has 0 radical (unpaired) electrons. The standard InChI is InChI=1S/C19H20ClN3O2/c20-17-7-9-18(10-8-17)22-14-12-21(13-15-22)11-3-5-16-4-1-2-6-19(16)23(24)25/h1-10H,11-15H2/b5-3+. The summed E-state index contributed by atoms with van der Waals surface area (Å²) in [5.41, 5.74) is 1.98. The second-order valence-corrected chi connectivity index (χ2v) is 6.42. The molecule has 25 heavy (non-hydrogen) atoms. The summed E-state index contributed by atoms with van der Waals surface area (Å²) in [4.78, 5) is 15.4. The molecule has 0 amide bonds. The van der Waals surface area contributed by atoms with Gasteiger partial charge in [0.25, 0.3) is 5.69 Å². The van der Waals surface area contributed by atoms with Gasteiger partial charge in [-0.25, -0.2) is 0 Å². The Balaban J connectivity index is 1.53. The van der Waals surface area contributed by atoms with Crippen LogP contribution in [-0.2, 0) is 0 Å². The van der Waals surface area contributed by atoms with Gasteiger partial charge in [0.05, 0.1) is 10.5 Å². The first kappa shape index (κ1) is 17.5. The zero-order valence-electron chi connectivity index (χ0n) is 13.8. The molecule has 0 saturated carbocycles. The van der Waals surface area contributed by atoms with Gasteiger partial charge in [-0.1, -0.05) is 35.9 Å². The van der Waals surface area contributed by atoms with Crippen LogP contribution in [0.1, 0.15) is 5.56 Å². The molecule has 0 N–H and O–H groups in total. The van der Waals surface area contributed by atoms with E-state index in [0.717, 1.165) is 37.7 Å². The summed E-state index contributed by atoms with van der Waals surface area (Å²) in [6, 6.07) is 14.7. The number of para-hydroxylation sites is 1. The van der Waals surface area contributed by atoms with E-state index in [1.54, 1.807) is 12.1 Å². The van der Waals surface area contributed by atoms with Crippen molar-refractivity contribution in [1.29, 1.82) is 0 Å². The molecule has 0 aliphatic carbocycles. The van der Waals surface area contributed by atoms with Crippen LogP contribution in [0.4, 0.5) is 11.4 Å². The second kappa shape index (κ2) is 8.14. The van der Waals surface area contributed by atoms with Crippen LogP contribution in [0.15, 0.2) is 54.6 Å². The van der Waals surface area contributed by atoms with Crippen LogP contribution < -0.4 is 4.90 Å². The predicted octanol–water partition coefficient (Wildman–Crippen LogP) is 4.08. The van der Waals surface area contributed by atoms with Crippen molar-refractivity contribution in [2.45, 2.75) is 0 Å². The molecule has 1 saturated heterocycles. The topological polar surface area (TPSA) is 49.6 Å². The number of nitro benzene ring substituents is 1. The van der Waals surface area contributed by atoms with Crippen molar-refractivity contribution in [3.8, 4) is 0 Å². The maximum atomic E-state index is 11.0. The summed E-state index contributed by atoms with van der Waals surface area (Å²) in [7, 11) is 0. The molecular formula is C19H20ClN3O2. The van der Waals surface area contributed by atoms with Crippen molar-refractivity contribution < 1.29 is 4.92 Å². The lowest BCUT2D eigenvalue weighted by molar-refractivity contribution is -0.385. The number of hydrogen-bond acceptors (Lipinski definition) is 4. The smallest absolute Gasteiger partial charge is 0.276 e. The fourth-order valence-electron chi connectivity index (χ4n) is 2.96. The number of rotatable bonds is 5. The van der Waals surface area contributed by atoms with E-state index < -0.39 is 0 Å². The molecule has 0 spiro atoms. The Kier molecular flexibility index (Phi) is 5.68. The summed E-state index contributed by atoms with van der Waals surface area (Å²) >= 11 is 5.94. The average Bonchev–Trinajstić information content (AvgIpc) is 2.63. The van der Waals surface area contributed by atoms with E-state index in [4.69, 9.17) is 11.6 Å². The Morgan fingerprint density at radius 2 is 1.72 bits per heavy atom. The number of piperazine rings is 1. The summed E-state index contributed by atoms with van der Waals surface area (Å²) in [5, 5.41) is 11.8. The number of halogens is 1.